The Hall–Kier alpha value is -2.24. The smallest absolute Gasteiger partial charge is 0.318 e. The van der Waals surface area contributed by atoms with E-state index in [0.717, 1.165) is 25.7 Å². The molecule has 0 aliphatic carbocycles. The number of anilines is 2. The second kappa shape index (κ2) is 8.92. The summed E-state index contributed by atoms with van der Waals surface area (Å²) in [6, 6.07) is 4.18. The van der Waals surface area contributed by atoms with Crippen molar-refractivity contribution in [1.29, 1.82) is 0 Å². The molecule has 6 heteroatoms. The van der Waals surface area contributed by atoms with Gasteiger partial charge >= 0.3 is 6.03 Å². The number of aromatic hydroxyl groups is 1. The van der Waals surface area contributed by atoms with E-state index in [1.165, 1.54) is 19.2 Å². The summed E-state index contributed by atoms with van der Waals surface area (Å²) in [4.78, 5) is 23.6. The lowest BCUT2D eigenvalue weighted by molar-refractivity contribution is -0.120. The average molecular weight is 307 g/mol. The van der Waals surface area contributed by atoms with E-state index in [1.807, 2.05) is 6.92 Å². The molecule has 0 saturated heterocycles. The third-order valence-corrected chi connectivity index (χ3v) is 3.51. The van der Waals surface area contributed by atoms with Gasteiger partial charge < -0.3 is 21.1 Å². The van der Waals surface area contributed by atoms with Crippen LogP contribution in [0.1, 0.15) is 39.5 Å². The Bertz CT molecular complexity index is 517. The molecule has 0 saturated carbocycles. The van der Waals surface area contributed by atoms with E-state index in [-0.39, 0.29) is 23.6 Å². The van der Waals surface area contributed by atoms with Crippen molar-refractivity contribution in [3.8, 4) is 5.75 Å². The van der Waals surface area contributed by atoms with E-state index in [4.69, 9.17) is 0 Å². The number of urea groups is 1. The quantitative estimate of drug-likeness (QED) is 0.460. The van der Waals surface area contributed by atoms with Crippen molar-refractivity contribution >= 4 is 23.3 Å². The first-order chi connectivity index (χ1) is 10.5. The summed E-state index contributed by atoms with van der Waals surface area (Å²) >= 11 is 0. The Morgan fingerprint density at radius 1 is 1.23 bits per heavy atom. The van der Waals surface area contributed by atoms with Gasteiger partial charge in [0.2, 0.25) is 5.91 Å². The molecule has 1 atom stereocenters. The van der Waals surface area contributed by atoms with Crippen molar-refractivity contribution in [2.24, 2.45) is 5.92 Å². The van der Waals surface area contributed by atoms with Crippen molar-refractivity contribution in [3.05, 3.63) is 18.2 Å². The van der Waals surface area contributed by atoms with Crippen LogP contribution in [0.5, 0.6) is 5.75 Å². The second-order valence-corrected chi connectivity index (χ2v) is 5.17. The summed E-state index contributed by atoms with van der Waals surface area (Å²) in [6.07, 6.45) is 3.62. The number of carbonyl (C=O) groups excluding carboxylic acids is 2. The molecule has 1 aromatic rings. The van der Waals surface area contributed by atoms with Gasteiger partial charge in [-0.2, -0.15) is 0 Å². The minimum absolute atomic E-state index is 0.0267. The molecule has 0 spiro atoms. The van der Waals surface area contributed by atoms with Crippen molar-refractivity contribution in [2.75, 3.05) is 17.7 Å². The minimum Gasteiger partial charge on any atom is -0.506 e. The lowest BCUT2D eigenvalue weighted by Crippen LogP contribution is -2.25. The Kier molecular flexibility index (Phi) is 7.22. The molecule has 1 unspecified atom stereocenters. The molecule has 0 radical (unpaired) electrons. The lowest BCUT2D eigenvalue weighted by atomic mass is 9.98. The van der Waals surface area contributed by atoms with Gasteiger partial charge in [-0.1, -0.05) is 26.7 Å². The molecule has 122 valence electrons. The van der Waals surface area contributed by atoms with Gasteiger partial charge in [0.25, 0.3) is 0 Å². The summed E-state index contributed by atoms with van der Waals surface area (Å²) in [7, 11) is 1.51. The Labute approximate surface area is 131 Å². The van der Waals surface area contributed by atoms with Crippen molar-refractivity contribution < 1.29 is 14.7 Å². The summed E-state index contributed by atoms with van der Waals surface area (Å²) in [5, 5.41) is 17.6. The fourth-order valence-corrected chi connectivity index (χ4v) is 2.11. The van der Waals surface area contributed by atoms with Gasteiger partial charge in [0.15, 0.2) is 0 Å². The van der Waals surface area contributed by atoms with Crippen LogP contribution in [-0.4, -0.2) is 24.1 Å². The number of hydrogen-bond donors (Lipinski definition) is 4. The van der Waals surface area contributed by atoms with E-state index in [1.54, 1.807) is 6.07 Å². The van der Waals surface area contributed by atoms with Gasteiger partial charge in [-0.25, -0.2) is 4.79 Å². The third-order valence-electron chi connectivity index (χ3n) is 3.51. The lowest BCUT2D eigenvalue weighted by Gasteiger charge is -2.16. The first-order valence-corrected chi connectivity index (χ1v) is 7.64. The number of phenols is 1. The predicted octanol–water partition coefficient (Wildman–Crippen LogP) is 3.30. The van der Waals surface area contributed by atoms with Crippen LogP contribution in [0.4, 0.5) is 16.2 Å². The normalized spacial score (nSPS) is 11.6. The SMILES string of the molecule is CCCCC(CC)C(=O)Nc1cc(NC(=O)NC)ccc1O. The number of amides is 3. The number of benzene rings is 1. The van der Waals surface area contributed by atoms with Gasteiger partial charge in [0.05, 0.1) is 5.69 Å². The van der Waals surface area contributed by atoms with Crippen LogP contribution in [0.15, 0.2) is 18.2 Å². The second-order valence-electron chi connectivity index (χ2n) is 5.17. The first-order valence-electron chi connectivity index (χ1n) is 7.64. The predicted molar refractivity (Wildman–Crippen MR) is 88.1 cm³/mol. The number of hydrogen-bond acceptors (Lipinski definition) is 3. The molecule has 22 heavy (non-hydrogen) atoms. The van der Waals surface area contributed by atoms with Gasteiger partial charge in [0.1, 0.15) is 5.75 Å². The highest BCUT2D eigenvalue weighted by Crippen LogP contribution is 2.28. The van der Waals surface area contributed by atoms with Crippen LogP contribution in [0.25, 0.3) is 0 Å². The maximum atomic E-state index is 12.3. The molecule has 0 aliphatic heterocycles. The van der Waals surface area contributed by atoms with Crippen LogP contribution >= 0.6 is 0 Å². The highest BCUT2D eigenvalue weighted by molar-refractivity contribution is 5.96. The average Bonchev–Trinajstić information content (AvgIpc) is 2.51. The Balaban J connectivity index is 2.80. The molecule has 0 bridgehead atoms. The zero-order chi connectivity index (χ0) is 16.5. The van der Waals surface area contributed by atoms with Crippen molar-refractivity contribution in [1.82, 2.24) is 5.32 Å². The molecule has 0 fully saturated rings. The molecule has 0 heterocycles. The summed E-state index contributed by atoms with van der Waals surface area (Å²) in [6.45, 7) is 4.06. The number of phenolic OH excluding ortho intramolecular Hbond substituents is 1. The fraction of sp³-hybridized carbons (Fsp3) is 0.500. The minimum atomic E-state index is -0.364. The largest absolute Gasteiger partial charge is 0.506 e. The fourth-order valence-electron chi connectivity index (χ4n) is 2.11. The molecule has 1 rings (SSSR count). The summed E-state index contributed by atoms with van der Waals surface area (Å²) in [5.41, 5.74) is 0.794. The van der Waals surface area contributed by atoms with Gasteiger partial charge in [-0.15, -0.1) is 0 Å². The van der Waals surface area contributed by atoms with Crippen molar-refractivity contribution in [3.63, 3.8) is 0 Å². The van der Waals surface area contributed by atoms with E-state index < -0.39 is 0 Å². The van der Waals surface area contributed by atoms with Crippen LogP contribution in [0.2, 0.25) is 0 Å². The molecular weight excluding hydrogens is 282 g/mol. The molecule has 0 aliphatic rings. The van der Waals surface area contributed by atoms with Crippen LogP contribution in [-0.2, 0) is 4.79 Å². The molecular formula is C16H25N3O3. The highest BCUT2D eigenvalue weighted by atomic mass is 16.3. The number of carbonyl (C=O) groups is 2. The Morgan fingerprint density at radius 3 is 2.55 bits per heavy atom. The van der Waals surface area contributed by atoms with E-state index in [0.29, 0.717) is 11.4 Å². The molecule has 6 nitrogen and oxygen atoms in total. The maximum absolute atomic E-state index is 12.3. The standard InChI is InChI=1S/C16H25N3O3/c1-4-6-7-11(5-2)15(21)19-13-10-12(8-9-14(13)20)18-16(22)17-3/h8-11,20H,4-7H2,1-3H3,(H,19,21)(H2,17,18,22). The number of rotatable bonds is 7. The van der Waals surface area contributed by atoms with Gasteiger partial charge in [0, 0.05) is 18.7 Å². The maximum Gasteiger partial charge on any atom is 0.318 e. The van der Waals surface area contributed by atoms with E-state index in [2.05, 4.69) is 22.9 Å². The first kappa shape index (κ1) is 17.8. The van der Waals surface area contributed by atoms with Crippen LogP contribution < -0.4 is 16.0 Å². The zero-order valence-electron chi connectivity index (χ0n) is 13.4. The molecule has 1 aromatic carbocycles. The van der Waals surface area contributed by atoms with Crippen LogP contribution in [0, 0.1) is 5.92 Å². The van der Waals surface area contributed by atoms with E-state index >= 15 is 0 Å². The van der Waals surface area contributed by atoms with E-state index in [9.17, 15) is 14.7 Å². The molecule has 3 amide bonds. The highest BCUT2D eigenvalue weighted by Gasteiger charge is 2.17. The number of unbranched alkanes of at least 4 members (excludes halogenated alkanes) is 1. The Morgan fingerprint density at radius 2 is 1.95 bits per heavy atom. The summed E-state index contributed by atoms with van der Waals surface area (Å²) < 4.78 is 0. The third kappa shape index (κ3) is 5.27. The topological polar surface area (TPSA) is 90.5 Å². The van der Waals surface area contributed by atoms with Gasteiger partial charge in [-0.05, 0) is 31.0 Å². The monoisotopic (exact) mass is 307 g/mol. The molecule has 0 aromatic heterocycles. The molecule has 4 N–H and O–H groups in total. The number of nitrogens with one attached hydrogen (secondary N) is 3. The summed E-state index contributed by atoms with van der Waals surface area (Å²) in [5.74, 6) is -0.209. The zero-order valence-corrected chi connectivity index (χ0v) is 13.4. The van der Waals surface area contributed by atoms with Gasteiger partial charge in [-0.3, -0.25) is 4.79 Å². The van der Waals surface area contributed by atoms with Crippen LogP contribution in [0.3, 0.4) is 0 Å². The van der Waals surface area contributed by atoms with Crippen molar-refractivity contribution in [2.45, 2.75) is 39.5 Å².